The molecule has 0 radical (unpaired) electrons. The number of halogens is 2. The molecule has 1 aliphatic carbocycles. The number of hydrogen-bond donors (Lipinski definition) is 0. The number of morpholine rings is 1. The molecule has 182 valence electrons. The van der Waals surface area contributed by atoms with Crippen LogP contribution in [-0.4, -0.2) is 60.9 Å². The van der Waals surface area contributed by atoms with Crippen LogP contribution in [0.5, 0.6) is 0 Å². The summed E-state index contributed by atoms with van der Waals surface area (Å²) >= 11 is 19.7. The van der Waals surface area contributed by atoms with Crippen molar-refractivity contribution in [1.29, 1.82) is 0 Å². The fourth-order valence-electron chi connectivity index (χ4n) is 4.22. The number of hydrogen-bond acceptors (Lipinski definition) is 6. The predicted octanol–water partition coefficient (Wildman–Crippen LogP) is 6.47. The number of carbonyl (C=O) groups excluding carboxylic acids is 1. The van der Waals surface area contributed by atoms with Crippen molar-refractivity contribution in [3.63, 3.8) is 0 Å². The van der Waals surface area contributed by atoms with Gasteiger partial charge in [-0.15, -0.1) is 11.8 Å². The van der Waals surface area contributed by atoms with Gasteiger partial charge in [0.25, 0.3) is 0 Å². The fraction of sp³-hybridized carbons (Fsp3) is 0.600. The maximum atomic E-state index is 11.9. The third-order valence-electron chi connectivity index (χ3n) is 6.14. The number of rotatable bonds is 12. The van der Waals surface area contributed by atoms with E-state index < -0.39 is 0 Å². The van der Waals surface area contributed by atoms with Crippen LogP contribution in [0.1, 0.15) is 38.5 Å². The molecule has 3 rings (SSSR count). The van der Waals surface area contributed by atoms with Gasteiger partial charge in [0.2, 0.25) is 0 Å². The van der Waals surface area contributed by atoms with Crippen molar-refractivity contribution >= 4 is 58.0 Å². The Morgan fingerprint density at radius 2 is 1.97 bits per heavy atom. The van der Waals surface area contributed by atoms with Gasteiger partial charge in [0, 0.05) is 52.7 Å². The largest absolute Gasteiger partial charge is 0.464 e. The Labute approximate surface area is 217 Å². The zero-order valence-electron chi connectivity index (χ0n) is 19.0. The number of ether oxygens (including phenoxy) is 2. The monoisotopic (exact) mass is 529 g/mol. The first-order valence-corrected chi connectivity index (χ1v) is 13.9. The molecule has 4 nitrogen and oxygen atoms in total. The normalized spacial score (nSPS) is 21.7. The van der Waals surface area contributed by atoms with Crippen LogP contribution in [0.4, 0.5) is 0 Å². The number of unbranched alkanes of at least 4 members (excludes halogenated alkanes) is 1. The third-order valence-corrected chi connectivity index (χ3v) is 8.18. The van der Waals surface area contributed by atoms with Crippen molar-refractivity contribution in [3.05, 3.63) is 40.4 Å². The number of benzene rings is 1. The maximum absolute atomic E-state index is 11.9. The van der Waals surface area contributed by atoms with E-state index in [1.807, 2.05) is 12.1 Å². The summed E-state index contributed by atoms with van der Waals surface area (Å²) in [5.41, 5.74) is 0. The lowest BCUT2D eigenvalue weighted by Crippen LogP contribution is -2.38. The zero-order chi connectivity index (χ0) is 23.5. The van der Waals surface area contributed by atoms with Gasteiger partial charge < -0.3 is 9.47 Å². The van der Waals surface area contributed by atoms with Gasteiger partial charge in [-0.3, -0.25) is 9.69 Å². The minimum Gasteiger partial charge on any atom is -0.464 e. The van der Waals surface area contributed by atoms with Crippen molar-refractivity contribution in [2.24, 2.45) is 11.8 Å². The summed E-state index contributed by atoms with van der Waals surface area (Å²) in [6, 6.07) is 5.67. The van der Waals surface area contributed by atoms with Gasteiger partial charge in [0.15, 0.2) is 0 Å². The molecule has 1 heterocycles. The van der Waals surface area contributed by atoms with Gasteiger partial charge in [0.1, 0.15) is 6.61 Å². The van der Waals surface area contributed by atoms with Gasteiger partial charge in [-0.1, -0.05) is 47.6 Å². The SMILES string of the molecule is O=C(CCC/C=C\C[C@H]1CCC(=S)[C@@H]1CSc1cc(Cl)cc(Cl)c1)OCCN1CCOCC1. The molecule has 1 aromatic rings. The quantitative estimate of drug-likeness (QED) is 0.101. The van der Waals surface area contributed by atoms with E-state index in [4.69, 9.17) is 44.9 Å². The minimum absolute atomic E-state index is 0.101. The second-order valence-corrected chi connectivity index (χ2v) is 11.1. The van der Waals surface area contributed by atoms with E-state index in [1.165, 1.54) is 4.86 Å². The van der Waals surface area contributed by atoms with Gasteiger partial charge in [-0.2, -0.15) is 0 Å². The highest BCUT2D eigenvalue weighted by molar-refractivity contribution is 7.99. The van der Waals surface area contributed by atoms with Crippen molar-refractivity contribution in [2.45, 2.75) is 43.4 Å². The summed E-state index contributed by atoms with van der Waals surface area (Å²) in [6.45, 7) is 4.64. The molecule has 2 atom stereocenters. The van der Waals surface area contributed by atoms with E-state index >= 15 is 0 Å². The van der Waals surface area contributed by atoms with Crippen LogP contribution in [0, 0.1) is 11.8 Å². The van der Waals surface area contributed by atoms with Gasteiger partial charge in [-0.25, -0.2) is 0 Å². The number of carbonyl (C=O) groups is 1. The predicted molar refractivity (Wildman–Crippen MR) is 142 cm³/mol. The average Bonchev–Trinajstić information content (AvgIpc) is 3.14. The molecule has 1 aliphatic heterocycles. The Morgan fingerprint density at radius 3 is 2.73 bits per heavy atom. The van der Waals surface area contributed by atoms with Crippen molar-refractivity contribution < 1.29 is 14.3 Å². The molecule has 1 saturated carbocycles. The van der Waals surface area contributed by atoms with Crippen LogP contribution in [-0.2, 0) is 14.3 Å². The molecular formula is C25H33Cl2NO3S2. The van der Waals surface area contributed by atoms with E-state index in [0.29, 0.717) is 34.9 Å². The second kappa shape index (κ2) is 14.7. The number of esters is 1. The van der Waals surface area contributed by atoms with Crippen LogP contribution in [0.15, 0.2) is 35.2 Å². The molecule has 0 unspecified atom stereocenters. The topological polar surface area (TPSA) is 38.8 Å². The van der Waals surface area contributed by atoms with E-state index in [0.717, 1.165) is 75.6 Å². The highest BCUT2D eigenvalue weighted by atomic mass is 35.5. The summed E-state index contributed by atoms with van der Waals surface area (Å²) in [4.78, 5) is 16.5. The summed E-state index contributed by atoms with van der Waals surface area (Å²) in [7, 11) is 0. The molecule has 1 saturated heterocycles. The molecule has 0 amide bonds. The first-order chi connectivity index (χ1) is 16.0. The molecule has 0 aromatic heterocycles. The van der Waals surface area contributed by atoms with Crippen LogP contribution in [0.2, 0.25) is 10.0 Å². The highest BCUT2D eigenvalue weighted by Gasteiger charge is 2.30. The second-order valence-electron chi connectivity index (χ2n) is 8.56. The molecule has 0 spiro atoms. The molecule has 33 heavy (non-hydrogen) atoms. The van der Waals surface area contributed by atoms with Crippen molar-refractivity contribution in [3.8, 4) is 0 Å². The van der Waals surface area contributed by atoms with Crippen LogP contribution < -0.4 is 0 Å². The van der Waals surface area contributed by atoms with Crippen LogP contribution >= 0.6 is 47.2 Å². The van der Waals surface area contributed by atoms with E-state index in [9.17, 15) is 4.79 Å². The molecule has 1 aromatic carbocycles. The zero-order valence-corrected chi connectivity index (χ0v) is 22.1. The summed E-state index contributed by atoms with van der Waals surface area (Å²) in [5, 5.41) is 1.33. The summed E-state index contributed by atoms with van der Waals surface area (Å²) in [5.74, 6) is 1.88. The minimum atomic E-state index is -0.101. The van der Waals surface area contributed by atoms with Crippen molar-refractivity contribution in [1.82, 2.24) is 4.90 Å². The molecule has 0 bridgehead atoms. The Morgan fingerprint density at radius 1 is 1.21 bits per heavy atom. The van der Waals surface area contributed by atoms with E-state index in [1.54, 1.807) is 17.8 Å². The first-order valence-electron chi connectivity index (χ1n) is 11.7. The fourth-order valence-corrected chi connectivity index (χ4v) is 6.65. The number of thiocarbonyl (C=S) groups is 1. The lowest BCUT2D eigenvalue weighted by molar-refractivity contribution is -0.144. The van der Waals surface area contributed by atoms with Gasteiger partial charge >= 0.3 is 5.97 Å². The van der Waals surface area contributed by atoms with Gasteiger partial charge in [-0.05, 0) is 61.1 Å². The molecule has 0 N–H and O–H groups in total. The Kier molecular flexibility index (Phi) is 12.0. The first kappa shape index (κ1) is 27.0. The Bertz CT molecular complexity index is 795. The third kappa shape index (κ3) is 9.87. The summed E-state index contributed by atoms with van der Waals surface area (Å²) in [6.07, 6.45) is 9.88. The molecule has 2 fully saturated rings. The number of thioether (sulfide) groups is 1. The van der Waals surface area contributed by atoms with Crippen molar-refractivity contribution in [2.75, 3.05) is 45.2 Å². The number of allylic oxidation sites excluding steroid dienone is 2. The standard InChI is InChI=1S/C25H33Cl2NO3S2/c26-20-15-21(27)17-22(16-20)33-18-23-19(7-8-24(23)32)5-3-1-2-4-6-25(29)31-14-11-28-9-12-30-13-10-28/h1,3,15-17,19,23H,2,4-14,18H2/b3-1-/t19-,23+/m0/s1. The average molecular weight is 531 g/mol. The molecule has 8 heteroatoms. The lowest BCUT2D eigenvalue weighted by Gasteiger charge is -2.26. The highest BCUT2D eigenvalue weighted by Crippen LogP contribution is 2.37. The molecular weight excluding hydrogens is 497 g/mol. The Hall–Kier alpha value is -0.630. The van der Waals surface area contributed by atoms with E-state index in [2.05, 4.69) is 17.1 Å². The lowest BCUT2D eigenvalue weighted by atomic mass is 9.94. The summed E-state index contributed by atoms with van der Waals surface area (Å²) < 4.78 is 10.7. The van der Waals surface area contributed by atoms with E-state index in [-0.39, 0.29) is 5.97 Å². The number of nitrogens with zero attached hydrogens (tertiary/aromatic N) is 1. The van der Waals surface area contributed by atoms with Crippen LogP contribution in [0.25, 0.3) is 0 Å². The van der Waals surface area contributed by atoms with Gasteiger partial charge in [0.05, 0.1) is 13.2 Å². The molecule has 2 aliphatic rings. The maximum Gasteiger partial charge on any atom is 0.305 e. The Balaban J connectivity index is 1.29. The smallest absolute Gasteiger partial charge is 0.305 e. The van der Waals surface area contributed by atoms with Crippen LogP contribution in [0.3, 0.4) is 0 Å².